The van der Waals surface area contributed by atoms with Gasteiger partial charge in [-0.25, -0.2) is 0 Å². The molecule has 5 nitrogen and oxygen atoms in total. The van der Waals surface area contributed by atoms with Gasteiger partial charge >= 0.3 is 6.18 Å². The molecule has 0 aliphatic rings. The van der Waals surface area contributed by atoms with Crippen molar-refractivity contribution >= 4 is 5.91 Å². The fourth-order valence-electron chi connectivity index (χ4n) is 1.66. The summed E-state index contributed by atoms with van der Waals surface area (Å²) in [6.45, 7) is 3.04. The first-order valence-electron chi connectivity index (χ1n) is 5.90. The molecule has 0 radical (unpaired) electrons. The number of aromatic nitrogens is 1. The van der Waals surface area contributed by atoms with Crippen LogP contribution >= 0.6 is 0 Å². The molecule has 0 saturated heterocycles. The number of amides is 1. The van der Waals surface area contributed by atoms with E-state index < -0.39 is 23.3 Å². The van der Waals surface area contributed by atoms with Crippen molar-refractivity contribution < 1.29 is 23.1 Å². The highest BCUT2D eigenvalue weighted by molar-refractivity contribution is 5.94. The lowest BCUT2D eigenvalue weighted by Crippen LogP contribution is -2.41. The van der Waals surface area contributed by atoms with Gasteiger partial charge in [0, 0.05) is 12.6 Å². The Balaban J connectivity index is 3.14. The van der Waals surface area contributed by atoms with Gasteiger partial charge in [-0.2, -0.15) is 13.2 Å². The molecule has 0 bridgehead atoms. The Kier molecular flexibility index (Phi) is 4.93. The highest BCUT2D eigenvalue weighted by Gasteiger charge is 2.32. The Bertz CT molecular complexity index is 537. The number of nitrogens with zero attached hydrogens (tertiary/aromatic N) is 1. The van der Waals surface area contributed by atoms with Crippen molar-refractivity contribution in [2.45, 2.75) is 26.1 Å². The summed E-state index contributed by atoms with van der Waals surface area (Å²) in [4.78, 5) is 26.5. The van der Waals surface area contributed by atoms with Crippen LogP contribution < -0.4 is 5.56 Å². The second kappa shape index (κ2) is 6.08. The summed E-state index contributed by atoms with van der Waals surface area (Å²) >= 11 is 0. The van der Waals surface area contributed by atoms with Crippen LogP contribution in [0.5, 0.6) is 0 Å². The third-order valence-electron chi connectivity index (χ3n) is 2.67. The number of alkyl halides is 3. The summed E-state index contributed by atoms with van der Waals surface area (Å²) in [7, 11) is 0. The van der Waals surface area contributed by atoms with Crippen molar-refractivity contribution in [2.75, 3.05) is 13.2 Å². The smallest absolute Gasteiger partial charge is 0.395 e. The molecule has 8 heteroatoms. The fourth-order valence-corrected chi connectivity index (χ4v) is 1.66. The number of aliphatic hydroxyl groups excluding tert-OH is 1. The molecule has 1 rings (SSSR count). The average Bonchev–Trinajstić information content (AvgIpc) is 2.33. The standard InChI is InChI=1S/C12H15F3N2O3/c1-7(2)17(5-6-18)11(20)8-3-4-9(12(13,14)15)16-10(8)19/h3-4,7,18H,5-6H2,1-2H3,(H,16,19). The minimum absolute atomic E-state index is 0.00301. The molecule has 0 aliphatic heterocycles. The highest BCUT2D eigenvalue weighted by Crippen LogP contribution is 2.26. The summed E-state index contributed by atoms with van der Waals surface area (Å²) in [6.07, 6.45) is -4.68. The molecular weight excluding hydrogens is 277 g/mol. The summed E-state index contributed by atoms with van der Waals surface area (Å²) < 4.78 is 37.2. The van der Waals surface area contributed by atoms with Crippen molar-refractivity contribution in [1.29, 1.82) is 0 Å². The van der Waals surface area contributed by atoms with E-state index in [-0.39, 0.29) is 24.8 Å². The van der Waals surface area contributed by atoms with Crippen LogP contribution in [-0.4, -0.2) is 40.1 Å². The fraction of sp³-hybridized carbons (Fsp3) is 0.500. The molecule has 1 heterocycles. The Hall–Kier alpha value is -1.83. The number of carbonyl (C=O) groups excluding carboxylic acids is 1. The third kappa shape index (κ3) is 3.60. The zero-order chi connectivity index (χ0) is 15.5. The molecule has 0 atom stereocenters. The van der Waals surface area contributed by atoms with Crippen molar-refractivity contribution in [1.82, 2.24) is 9.88 Å². The van der Waals surface area contributed by atoms with Crippen molar-refractivity contribution in [3.8, 4) is 0 Å². The van der Waals surface area contributed by atoms with Gasteiger partial charge in [-0.1, -0.05) is 0 Å². The maximum Gasteiger partial charge on any atom is 0.431 e. The topological polar surface area (TPSA) is 73.4 Å². The molecule has 1 amide bonds. The first-order valence-corrected chi connectivity index (χ1v) is 5.90. The van der Waals surface area contributed by atoms with Gasteiger partial charge in [0.05, 0.1) is 6.61 Å². The predicted octanol–water partition coefficient (Wildman–Crippen LogP) is 1.24. The van der Waals surface area contributed by atoms with Gasteiger partial charge in [-0.15, -0.1) is 0 Å². The largest absolute Gasteiger partial charge is 0.431 e. The van der Waals surface area contributed by atoms with E-state index in [1.54, 1.807) is 18.8 Å². The Morgan fingerprint density at radius 1 is 1.40 bits per heavy atom. The van der Waals surface area contributed by atoms with Crippen LogP contribution in [0.1, 0.15) is 29.9 Å². The van der Waals surface area contributed by atoms with E-state index >= 15 is 0 Å². The van der Waals surface area contributed by atoms with Gasteiger partial charge < -0.3 is 15.0 Å². The van der Waals surface area contributed by atoms with Crippen molar-refractivity contribution in [2.24, 2.45) is 0 Å². The predicted molar refractivity (Wildman–Crippen MR) is 65.3 cm³/mol. The van der Waals surface area contributed by atoms with Crippen LogP contribution in [0.4, 0.5) is 13.2 Å². The third-order valence-corrected chi connectivity index (χ3v) is 2.67. The van der Waals surface area contributed by atoms with Crippen LogP contribution in [0, 0.1) is 0 Å². The van der Waals surface area contributed by atoms with E-state index in [0.717, 1.165) is 6.07 Å². The number of rotatable bonds is 4. The minimum atomic E-state index is -4.68. The van der Waals surface area contributed by atoms with Crippen LogP contribution in [0.25, 0.3) is 0 Å². The normalized spacial score (nSPS) is 11.8. The van der Waals surface area contributed by atoms with Gasteiger partial charge in [0.25, 0.3) is 11.5 Å². The number of H-pyrrole nitrogens is 1. The number of aromatic amines is 1. The number of nitrogens with one attached hydrogen (secondary N) is 1. The Morgan fingerprint density at radius 3 is 2.40 bits per heavy atom. The zero-order valence-corrected chi connectivity index (χ0v) is 11.0. The van der Waals surface area contributed by atoms with E-state index in [4.69, 9.17) is 5.11 Å². The van der Waals surface area contributed by atoms with Crippen LogP contribution in [0.3, 0.4) is 0 Å². The van der Waals surface area contributed by atoms with E-state index in [2.05, 4.69) is 0 Å². The lowest BCUT2D eigenvalue weighted by atomic mass is 10.2. The lowest BCUT2D eigenvalue weighted by molar-refractivity contribution is -0.141. The zero-order valence-electron chi connectivity index (χ0n) is 11.0. The molecule has 2 N–H and O–H groups in total. The summed E-state index contributed by atoms with van der Waals surface area (Å²) in [5.41, 5.74) is -2.70. The van der Waals surface area contributed by atoms with Gasteiger partial charge in [0.15, 0.2) is 0 Å². The minimum Gasteiger partial charge on any atom is -0.395 e. The first kappa shape index (κ1) is 16.2. The van der Waals surface area contributed by atoms with E-state index in [1.807, 2.05) is 0 Å². The van der Waals surface area contributed by atoms with Gasteiger partial charge in [-0.05, 0) is 26.0 Å². The number of pyridine rings is 1. The quantitative estimate of drug-likeness (QED) is 0.877. The number of hydrogen-bond acceptors (Lipinski definition) is 3. The van der Waals surface area contributed by atoms with Gasteiger partial charge in [0.2, 0.25) is 0 Å². The summed E-state index contributed by atoms with van der Waals surface area (Å²) in [6, 6.07) is 1.19. The van der Waals surface area contributed by atoms with Crippen molar-refractivity contribution in [3.05, 3.63) is 33.7 Å². The van der Waals surface area contributed by atoms with E-state index in [0.29, 0.717) is 6.07 Å². The van der Waals surface area contributed by atoms with Gasteiger partial charge in [-0.3, -0.25) is 9.59 Å². The molecule has 0 saturated carbocycles. The average molecular weight is 292 g/mol. The molecule has 0 fully saturated rings. The lowest BCUT2D eigenvalue weighted by Gasteiger charge is -2.25. The molecule has 20 heavy (non-hydrogen) atoms. The maximum absolute atomic E-state index is 12.4. The van der Waals surface area contributed by atoms with Crippen molar-refractivity contribution in [3.63, 3.8) is 0 Å². The molecule has 0 aromatic carbocycles. The van der Waals surface area contributed by atoms with Crippen LogP contribution in [0.15, 0.2) is 16.9 Å². The van der Waals surface area contributed by atoms with Crippen LogP contribution in [0.2, 0.25) is 0 Å². The number of aliphatic hydroxyl groups is 1. The molecule has 1 aromatic heterocycles. The SMILES string of the molecule is CC(C)N(CCO)C(=O)c1ccc(C(F)(F)F)[nH]c1=O. The van der Waals surface area contributed by atoms with Crippen LogP contribution in [-0.2, 0) is 6.18 Å². The molecule has 1 aromatic rings. The molecule has 0 unspecified atom stereocenters. The number of hydrogen-bond donors (Lipinski definition) is 2. The van der Waals surface area contributed by atoms with E-state index in [1.165, 1.54) is 4.90 Å². The maximum atomic E-state index is 12.4. The first-order chi connectivity index (χ1) is 9.18. The monoisotopic (exact) mass is 292 g/mol. The second-order valence-corrected chi connectivity index (χ2v) is 4.43. The molecule has 112 valence electrons. The molecule has 0 spiro atoms. The summed E-state index contributed by atoms with van der Waals surface area (Å²) in [5, 5.41) is 8.87. The van der Waals surface area contributed by atoms with E-state index in [9.17, 15) is 22.8 Å². The number of carbonyl (C=O) groups is 1. The summed E-state index contributed by atoms with van der Waals surface area (Å²) in [5.74, 6) is -0.718. The van der Waals surface area contributed by atoms with Gasteiger partial charge in [0.1, 0.15) is 11.3 Å². The second-order valence-electron chi connectivity index (χ2n) is 4.43. The molecule has 0 aliphatic carbocycles. The Morgan fingerprint density at radius 2 is 2.00 bits per heavy atom. The number of halogens is 3. The highest BCUT2D eigenvalue weighted by atomic mass is 19.4. The Labute approximate surface area is 113 Å². The molecular formula is C12H15F3N2O3.